The summed E-state index contributed by atoms with van der Waals surface area (Å²) in [5.41, 5.74) is 8.73. The molecule has 64 heavy (non-hydrogen) atoms. The van der Waals surface area contributed by atoms with Gasteiger partial charge in [0, 0.05) is 37.1 Å². The molecule has 0 aliphatic carbocycles. The third-order valence-corrected chi connectivity index (χ3v) is 12.4. The van der Waals surface area contributed by atoms with Gasteiger partial charge in [-0.25, -0.2) is 10.0 Å². The number of piperidine rings is 1. The Morgan fingerprint density at radius 1 is 1.00 bits per heavy atom. The third-order valence-electron chi connectivity index (χ3n) is 11.4. The molecule has 6 N–H and O–H groups in total. The van der Waals surface area contributed by atoms with Gasteiger partial charge in [-0.2, -0.15) is 0 Å². The van der Waals surface area contributed by atoms with Gasteiger partial charge in [0.05, 0.1) is 31.2 Å². The first kappa shape index (κ1) is 51.3. The van der Waals surface area contributed by atoms with Crippen LogP contribution >= 0.6 is 11.3 Å². The molecule has 1 aliphatic rings. The number of esters is 1. The van der Waals surface area contributed by atoms with Crippen LogP contribution in [0.15, 0.2) is 66.1 Å². The fourth-order valence-corrected chi connectivity index (χ4v) is 8.29. The van der Waals surface area contributed by atoms with Crippen molar-refractivity contribution < 1.29 is 48.5 Å². The molecule has 1 aliphatic heterocycles. The average Bonchev–Trinajstić information content (AvgIpc) is 3.76. The van der Waals surface area contributed by atoms with E-state index in [0.717, 1.165) is 41.9 Å². The number of aromatic nitrogens is 1. The SMILES string of the molecule is C=C(C)[C@@H](C[C@@H](OC(C)=O)c1nc(C(=O)N[C@@H](Cc2ccc(O)cc2)C[C@H](C)C(=O)O)cs1)N(OCCCOCc1ccc(N)cc1)C(=O)[C@@H](NC(=O)[C@H]1CCCCN1C)[C@@H](C)CC. The monoisotopic (exact) mass is 906 g/mol. The van der Waals surface area contributed by atoms with E-state index in [1.807, 2.05) is 37.9 Å². The zero-order valence-electron chi connectivity index (χ0n) is 37.9. The number of phenols is 1. The van der Waals surface area contributed by atoms with Gasteiger partial charge >= 0.3 is 11.9 Å². The molecule has 0 unspecified atom stereocenters. The Morgan fingerprint density at radius 2 is 1.69 bits per heavy atom. The maximum Gasteiger partial charge on any atom is 0.306 e. The van der Waals surface area contributed by atoms with Crippen molar-refractivity contribution in [2.24, 2.45) is 11.8 Å². The fourth-order valence-electron chi connectivity index (χ4n) is 7.45. The molecule has 4 rings (SSSR count). The van der Waals surface area contributed by atoms with Gasteiger partial charge in [-0.05, 0) is 93.9 Å². The van der Waals surface area contributed by atoms with E-state index in [4.69, 9.17) is 20.0 Å². The van der Waals surface area contributed by atoms with E-state index in [0.29, 0.717) is 50.2 Å². The number of carboxylic acid groups (broad SMARTS) is 1. The van der Waals surface area contributed by atoms with Crippen molar-refractivity contribution in [3.05, 3.63) is 87.9 Å². The summed E-state index contributed by atoms with van der Waals surface area (Å²) in [4.78, 5) is 79.8. The van der Waals surface area contributed by atoms with Crippen LogP contribution in [-0.2, 0) is 46.5 Å². The molecule has 3 amide bonds. The third kappa shape index (κ3) is 15.7. The van der Waals surface area contributed by atoms with Crippen LogP contribution in [0.3, 0.4) is 0 Å². The molecule has 350 valence electrons. The number of aliphatic carboxylic acids is 1. The van der Waals surface area contributed by atoms with E-state index in [9.17, 15) is 34.2 Å². The van der Waals surface area contributed by atoms with Crippen molar-refractivity contribution in [3.8, 4) is 5.75 Å². The highest BCUT2D eigenvalue weighted by atomic mass is 32.1. The van der Waals surface area contributed by atoms with Crippen molar-refractivity contribution in [2.75, 3.05) is 32.5 Å². The molecule has 17 heteroatoms. The van der Waals surface area contributed by atoms with Gasteiger partial charge in [0.25, 0.3) is 11.8 Å². The number of carbonyl (C=O) groups excluding carboxylic acids is 4. The second-order valence-electron chi connectivity index (χ2n) is 16.8. The summed E-state index contributed by atoms with van der Waals surface area (Å²) in [5.74, 6) is -3.90. The first-order valence-corrected chi connectivity index (χ1v) is 22.8. The molecule has 1 saturated heterocycles. The van der Waals surface area contributed by atoms with E-state index in [-0.39, 0.29) is 53.8 Å². The van der Waals surface area contributed by atoms with Gasteiger partial charge < -0.3 is 36.1 Å². The van der Waals surface area contributed by atoms with Crippen LogP contribution in [0.25, 0.3) is 0 Å². The standard InChI is InChI=1S/C47H66N6O10S/c1-8-30(4)42(51-44(57)39-12-9-10-21-52(39)7)46(58)53(62-23-11-22-61-27-34-13-17-35(48)18-14-34)40(29(2)3)26-41(63-32(6)54)45-50-38(28-64-45)43(56)49-36(24-31(5)47(59)60)25-33-15-19-37(55)20-16-33/h13-20,28,30-31,36,39-42,55H,2,8-12,21-27,48H2,1,3-7H3,(H,49,56)(H,51,57)(H,59,60)/t30-,31-,36+,39+,40+,41+,42-/m0/s1. The first-order valence-electron chi connectivity index (χ1n) is 22.0. The molecule has 1 aromatic heterocycles. The summed E-state index contributed by atoms with van der Waals surface area (Å²) >= 11 is 1.09. The number of nitrogens with one attached hydrogen (secondary N) is 2. The highest BCUT2D eigenvalue weighted by molar-refractivity contribution is 7.09. The number of nitrogens with two attached hydrogens (primary N) is 1. The molecule has 0 radical (unpaired) electrons. The van der Waals surface area contributed by atoms with Gasteiger partial charge in [0.15, 0.2) is 6.10 Å². The molecule has 2 heterocycles. The summed E-state index contributed by atoms with van der Waals surface area (Å²) in [6.45, 7) is 14.1. The molecule has 2 aromatic carbocycles. The predicted molar refractivity (Wildman–Crippen MR) is 244 cm³/mol. The van der Waals surface area contributed by atoms with Crippen LogP contribution in [0.2, 0.25) is 0 Å². The van der Waals surface area contributed by atoms with E-state index in [1.54, 1.807) is 38.1 Å². The highest BCUT2D eigenvalue weighted by Crippen LogP contribution is 2.32. The minimum atomic E-state index is -1.06. The smallest absolute Gasteiger partial charge is 0.306 e. The summed E-state index contributed by atoms with van der Waals surface area (Å²) in [5, 5.41) is 28.4. The average molecular weight is 907 g/mol. The van der Waals surface area contributed by atoms with Gasteiger partial charge in [-0.3, -0.25) is 33.7 Å². The lowest BCUT2D eigenvalue weighted by atomic mass is 9.95. The van der Waals surface area contributed by atoms with Crippen LogP contribution in [0.5, 0.6) is 5.75 Å². The number of hydrogen-bond acceptors (Lipinski definition) is 13. The number of benzene rings is 2. The lowest BCUT2D eigenvalue weighted by Gasteiger charge is -2.38. The van der Waals surface area contributed by atoms with Crippen molar-refractivity contribution >= 4 is 46.7 Å². The van der Waals surface area contributed by atoms with Gasteiger partial charge in [0.2, 0.25) is 5.91 Å². The van der Waals surface area contributed by atoms with Gasteiger partial charge in [-0.15, -0.1) is 11.3 Å². The molecule has 0 bridgehead atoms. The number of nitrogen functional groups attached to an aromatic ring is 1. The lowest BCUT2D eigenvalue weighted by Crippen LogP contribution is -2.58. The van der Waals surface area contributed by atoms with E-state index in [1.165, 1.54) is 29.5 Å². The van der Waals surface area contributed by atoms with E-state index in [2.05, 4.69) is 22.2 Å². The maximum absolute atomic E-state index is 14.9. The number of carboxylic acids is 1. The second-order valence-corrected chi connectivity index (χ2v) is 17.7. The molecule has 16 nitrogen and oxygen atoms in total. The predicted octanol–water partition coefficient (Wildman–Crippen LogP) is 6.20. The zero-order valence-corrected chi connectivity index (χ0v) is 38.7. The Labute approximate surface area is 380 Å². The van der Waals surface area contributed by atoms with Crippen LogP contribution in [0, 0.1) is 11.8 Å². The first-order chi connectivity index (χ1) is 30.5. The summed E-state index contributed by atoms with van der Waals surface area (Å²) < 4.78 is 11.7. The molecular formula is C47H66N6O10S. The topological polar surface area (TPSA) is 223 Å². The summed E-state index contributed by atoms with van der Waals surface area (Å²) in [6.07, 6.45) is 2.87. The molecule has 1 fully saturated rings. The Bertz CT molecular complexity index is 2010. The Kier molecular flexibility index (Phi) is 20.2. The van der Waals surface area contributed by atoms with Crippen molar-refractivity contribution in [2.45, 2.75) is 123 Å². The highest BCUT2D eigenvalue weighted by Gasteiger charge is 2.39. The number of thiazole rings is 1. The largest absolute Gasteiger partial charge is 0.508 e. The second kappa shape index (κ2) is 25.2. The van der Waals surface area contributed by atoms with Crippen molar-refractivity contribution in [3.63, 3.8) is 0 Å². The van der Waals surface area contributed by atoms with Crippen LogP contribution in [0.4, 0.5) is 5.69 Å². The number of ether oxygens (including phenoxy) is 2. The normalized spacial score (nSPS) is 16.9. The van der Waals surface area contributed by atoms with Crippen molar-refractivity contribution in [1.82, 2.24) is 25.6 Å². The quantitative estimate of drug-likeness (QED) is 0.0210. The number of carbonyl (C=O) groups is 5. The van der Waals surface area contributed by atoms with E-state index < -0.39 is 53.9 Å². The summed E-state index contributed by atoms with van der Waals surface area (Å²) in [6, 6.07) is 11.0. The summed E-state index contributed by atoms with van der Waals surface area (Å²) in [7, 11) is 1.91. The lowest BCUT2D eigenvalue weighted by molar-refractivity contribution is -0.204. The van der Waals surface area contributed by atoms with Gasteiger partial charge in [0.1, 0.15) is 22.5 Å². The Morgan fingerprint density at radius 3 is 2.31 bits per heavy atom. The Hall–Kier alpha value is -5.36. The van der Waals surface area contributed by atoms with E-state index >= 15 is 0 Å². The number of phenolic OH excluding ortho intramolecular Hbond substituents is 1. The number of likely N-dealkylation sites (tertiary alicyclic amines) is 1. The molecule has 7 atom stereocenters. The minimum Gasteiger partial charge on any atom is -0.508 e. The molecule has 3 aromatic rings. The van der Waals surface area contributed by atoms with Crippen LogP contribution < -0.4 is 16.4 Å². The number of rotatable bonds is 25. The fraction of sp³-hybridized carbons (Fsp3) is 0.532. The van der Waals surface area contributed by atoms with Crippen LogP contribution in [-0.4, -0.2) is 106 Å². The number of hydrogen-bond donors (Lipinski definition) is 5. The number of hydroxylamine groups is 2. The minimum absolute atomic E-state index is 0.0260. The number of aromatic hydroxyl groups is 1. The zero-order chi connectivity index (χ0) is 46.9. The van der Waals surface area contributed by atoms with Gasteiger partial charge in [-0.1, -0.05) is 70.0 Å². The molecule has 0 spiro atoms. The maximum atomic E-state index is 14.9. The Balaban J connectivity index is 1.60. The number of likely N-dealkylation sites (N-methyl/N-ethyl adjacent to an activating group) is 1. The molecule has 0 saturated carbocycles. The molecular weight excluding hydrogens is 841 g/mol. The van der Waals surface area contributed by atoms with Crippen molar-refractivity contribution in [1.29, 1.82) is 0 Å². The van der Waals surface area contributed by atoms with Crippen LogP contribution in [0.1, 0.15) is 112 Å². The number of amides is 3. The number of nitrogens with zero attached hydrogens (tertiary/aromatic N) is 3. The number of anilines is 1.